The van der Waals surface area contributed by atoms with Crippen LogP contribution in [0.3, 0.4) is 0 Å². The Kier molecular flexibility index (Phi) is 6.14. The quantitative estimate of drug-likeness (QED) is 0.755. The van der Waals surface area contributed by atoms with Gasteiger partial charge in [-0.25, -0.2) is 9.18 Å². The standard InChI is InChI=1S/C18H17BrFNO4/c1-10-4-5-12(8-16(10)24-3)18(23)25-11(2)17(22)21-15-7-6-13(19)9-14(15)20/h4-9,11H,1-3H3,(H,21,22)/t11-/m0/s1. The highest BCUT2D eigenvalue weighted by Crippen LogP contribution is 2.21. The Bertz CT molecular complexity index is 810. The number of methoxy groups -OCH3 is 1. The summed E-state index contributed by atoms with van der Waals surface area (Å²) in [6, 6.07) is 9.07. The lowest BCUT2D eigenvalue weighted by Gasteiger charge is -2.14. The van der Waals surface area contributed by atoms with Crippen molar-refractivity contribution in [2.45, 2.75) is 20.0 Å². The molecular formula is C18H17BrFNO4. The van der Waals surface area contributed by atoms with Gasteiger partial charge in [0.05, 0.1) is 18.4 Å². The molecule has 2 rings (SSSR count). The summed E-state index contributed by atoms with van der Waals surface area (Å²) >= 11 is 3.13. The molecule has 132 valence electrons. The van der Waals surface area contributed by atoms with Crippen molar-refractivity contribution >= 4 is 33.5 Å². The van der Waals surface area contributed by atoms with Crippen LogP contribution in [-0.4, -0.2) is 25.1 Å². The van der Waals surface area contributed by atoms with Crippen LogP contribution >= 0.6 is 15.9 Å². The molecule has 0 bridgehead atoms. The molecule has 0 aliphatic carbocycles. The summed E-state index contributed by atoms with van der Waals surface area (Å²) in [5.74, 6) is -1.35. The van der Waals surface area contributed by atoms with E-state index in [9.17, 15) is 14.0 Å². The van der Waals surface area contributed by atoms with Gasteiger partial charge in [-0.1, -0.05) is 22.0 Å². The van der Waals surface area contributed by atoms with Crippen LogP contribution in [0, 0.1) is 12.7 Å². The molecule has 0 spiro atoms. The predicted molar refractivity (Wildman–Crippen MR) is 95.3 cm³/mol. The van der Waals surface area contributed by atoms with E-state index in [1.54, 1.807) is 18.2 Å². The van der Waals surface area contributed by atoms with Crippen LogP contribution in [0.2, 0.25) is 0 Å². The lowest BCUT2D eigenvalue weighted by molar-refractivity contribution is -0.123. The molecule has 0 aliphatic heterocycles. The fourth-order valence-electron chi connectivity index (χ4n) is 2.05. The fraction of sp³-hybridized carbons (Fsp3) is 0.222. The smallest absolute Gasteiger partial charge is 0.339 e. The lowest BCUT2D eigenvalue weighted by atomic mass is 10.1. The number of carbonyl (C=O) groups is 2. The minimum atomic E-state index is -1.09. The Balaban J connectivity index is 2.04. The average Bonchev–Trinajstić information content (AvgIpc) is 2.57. The largest absolute Gasteiger partial charge is 0.496 e. The molecule has 25 heavy (non-hydrogen) atoms. The molecule has 1 atom stereocenters. The maximum atomic E-state index is 13.8. The van der Waals surface area contributed by atoms with Crippen molar-refractivity contribution in [1.29, 1.82) is 0 Å². The van der Waals surface area contributed by atoms with Crippen molar-refractivity contribution < 1.29 is 23.5 Å². The number of aryl methyl sites for hydroxylation is 1. The predicted octanol–water partition coefficient (Wildman–Crippen LogP) is 4.09. The highest BCUT2D eigenvalue weighted by molar-refractivity contribution is 9.10. The van der Waals surface area contributed by atoms with Gasteiger partial charge in [-0.05, 0) is 49.7 Å². The molecule has 0 saturated heterocycles. The summed E-state index contributed by atoms with van der Waals surface area (Å²) in [5, 5.41) is 2.39. The van der Waals surface area contributed by atoms with Crippen LogP contribution in [0.25, 0.3) is 0 Å². The third-order valence-electron chi connectivity index (χ3n) is 3.49. The van der Waals surface area contributed by atoms with Gasteiger partial charge in [-0.15, -0.1) is 0 Å². The highest BCUT2D eigenvalue weighted by Gasteiger charge is 2.20. The van der Waals surface area contributed by atoms with E-state index in [4.69, 9.17) is 9.47 Å². The Morgan fingerprint density at radius 3 is 2.56 bits per heavy atom. The van der Waals surface area contributed by atoms with Gasteiger partial charge in [0.1, 0.15) is 11.6 Å². The minimum absolute atomic E-state index is 0.00750. The third-order valence-corrected chi connectivity index (χ3v) is 3.98. The number of halogens is 2. The molecule has 0 aliphatic rings. The van der Waals surface area contributed by atoms with Crippen LogP contribution < -0.4 is 10.1 Å². The number of carbonyl (C=O) groups excluding carboxylic acids is 2. The zero-order valence-electron chi connectivity index (χ0n) is 13.9. The summed E-state index contributed by atoms with van der Waals surface area (Å²) in [4.78, 5) is 24.3. The highest BCUT2D eigenvalue weighted by atomic mass is 79.9. The van der Waals surface area contributed by atoms with Gasteiger partial charge in [-0.3, -0.25) is 4.79 Å². The van der Waals surface area contributed by atoms with Gasteiger partial charge in [0, 0.05) is 4.47 Å². The van der Waals surface area contributed by atoms with E-state index in [0.717, 1.165) is 5.56 Å². The third kappa shape index (κ3) is 4.79. The minimum Gasteiger partial charge on any atom is -0.496 e. The van der Waals surface area contributed by atoms with Crippen LogP contribution in [-0.2, 0) is 9.53 Å². The van der Waals surface area contributed by atoms with E-state index in [1.165, 1.54) is 32.2 Å². The molecule has 0 heterocycles. The fourth-order valence-corrected chi connectivity index (χ4v) is 2.39. The average molecular weight is 410 g/mol. The van der Waals surface area contributed by atoms with Gasteiger partial charge in [0.25, 0.3) is 5.91 Å². The number of hydrogen-bond donors (Lipinski definition) is 1. The zero-order chi connectivity index (χ0) is 18.6. The number of ether oxygens (including phenoxy) is 2. The SMILES string of the molecule is COc1cc(C(=O)O[C@@H](C)C(=O)Nc2ccc(Br)cc2F)ccc1C. The second-order valence-electron chi connectivity index (χ2n) is 5.35. The molecule has 0 fully saturated rings. The van der Waals surface area contributed by atoms with Crippen molar-refractivity contribution in [2.24, 2.45) is 0 Å². The van der Waals surface area contributed by atoms with Gasteiger partial charge >= 0.3 is 5.97 Å². The van der Waals surface area contributed by atoms with E-state index in [0.29, 0.717) is 10.2 Å². The number of rotatable bonds is 5. The Labute approximate surface area is 153 Å². The summed E-state index contributed by atoms with van der Waals surface area (Å²) in [5.41, 5.74) is 1.14. The molecule has 0 radical (unpaired) electrons. The number of benzene rings is 2. The van der Waals surface area contributed by atoms with Gasteiger partial charge in [0.15, 0.2) is 6.10 Å². The molecule has 1 amide bonds. The topological polar surface area (TPSA) is 64.6 Å². The van der Waals surface area contributed by atoms with Gasteiger partial charge in [-0.2, -0.15) is 0 Å². The van der Waals surface area contributed by atoms with Crippen LogP contribution in [0.5, 0.6) is 5.75 Å². The zero-order valence-corrected chi connectivity index (χ0v) is 15.5. The Morgan fingerprint density at radius 2 is 1.92 bits per heavy atom. The first-order valence-electron chi connectivity index (χ1n) is 7.43. The number of esters is 1. The first-order valence-corrected chi connectivity index (χ1v) is 8.22. The van der Waals surface area contributed by atoms with Crippen molar-refractivity contribution in [3.63, 3.8) is 0 Å². The summed E-state index contributed by atoms with van der Waals surface area (Å²) in [6.45, 7) is 3.26. The van der Waals surface area contributed by atoms with E-state index < -0.39 is 23.8 Å². The van der Waals surface area contributed by atoms with Crippen LogP contribution in [0.4, 0.5) is 10.1 Å². The van der Waals surface area contributed by atoms with E-state index in [2.05, 4.69) is 21.2 Å². The molecule has 0 aromatic heterocycles. The van der Waals surface area contributed by atoms with Crippen molar-refractivity contribution in [3.05, 3.63) is 57.8 Å². The number of nitrogens with one attached hydrogen (secondary N) is 1. The second kappa shape index (κ2) is 8.11. The Hall–Kier alpha value is -2.41. The summed E-state index contributed by atoms with van der Waals surface area (Å²) < 4.78 is 24.6. The molecule has 2 aromatic rings. The molecule has 1 N–H and O–H groups in total. The molecule has 0 unspecified atom stereocenters. The summed E-state index contributed by atoms with van der Waals surface area (Å²) in [6.07, 6.45) is -1.09. The van der Waals surface area contributed by atoms with E-state index in [1.807, 2.05) is 6.92 Å². The number of amides is 1. The maximum absolute atomic E-state index is 13.8. The van der Waals surface area contributed by atoms with Gasteiger partial charge < -0.3 is 14.8 Å². The molecular weight excluding hydrogens is 393 g/mol. The lowest BCUT2D eigenvalue weighted by Crippen LogP contribution is -2.30. The molecule has 0 saturated carbocycles. The monoisotopic (exact) mass is 409 g/mol. The Morgan fingerprint density at radius 1 is 1.20 bits per heavy atom. The second-order valence-corrected chi connectivity index (χ2v) is 6.26. The van der Waals surface area contributed by atoms with Gasteiger partial charge in [0.2, 0.25) is 0 Å². The van der Waals surface area contributed by atoms with E-state index in [-0.39, 0.29) is 11.3 Å². The molecule has 2 aromatic carbocycles. The maximum Gasteiger partial charge on any atom is 0.339 e. The summed E-state index contributed by atoms with van der Waals surface area (Å²) in [7, 11) is 1.50. The van der Waals surface area contributed by atoms with E-state index >= 15 is 0 Å². The normalized spacial score (nSPS) is 11.6. The number of anilines is 1. The van der Waals surface area contributed by atoms with Crippen LogP contribution in [0.15, 0.2) is 40.9 Å². The first-order chi connectivity index (χ1) is 11.8. The first kappa shape index (κ1) is 18.9. The molecule has 5 nitrogen and oxygen atoms in total. The van der Waals surface area contributed by atoms with Crippen molar-refractivity contribution in [3.8, 4) is 5.75 Å². The van der Waals surface area contributed by atoms with Crippen molar-refractivity contribution in [1.82, 2.24) is 0 Å². The molecule has 7 heteroatoms. The van der Waals surface area contributed by atoms with Crippen LogP contribution in [0.1, 0.15) is 22.8 Å². The van der Waals surface area contributed by atoms with Crippen molar-refractivity contribution in [2.75, 3.05) is 12.4 Å². The number of hydrogen-bond acceptors (Lipinski definition) is 4.